The van der Waals surface area contributed by atoms with Crippen molar-refractivity contribution in [2.24, 2.45) is 0 Å². The van der Waals surface area contributed by atoms with E-state index in [1.807, 2.05) is 12.1 Å². The third-order valence-corrected chi connectivity index (χ3v) is 12.7. The quantitative estimate of drug-likeness (QED) is 0.174. The van der Waals surface area contributed by atoms with Gasteiger partial charge in [-0.05, 0) is 89.5 Å². The molecule has 1 aliphatic heterocycles. The van der Waals surface area contributed by atoms with Crippen LogP contribution in [-0.4, -0.2) is 20.6 Å². The summed E-state index contributed by atoms with van der Waals surface area (Å²) in [6, 6.07) is 64.7. The molecule has 13 rings (SSSR count). The van der Waals surface area contributed by atoms with E-state index in [9.17, 15) is 0 Å². The van der Waals surface area contributed by atoms with Crippen molar-refractivity contribution in [2.75, 3.05) is 4.90 Å². The first-order valence-corrected chi connectivity index (χ1v) is 20.9. The SMILES string of the molecule is C1=CC2c3c(ccc4c3c3c5oc6ccccc6c5ccc3n4-c3ccc(-c4ccccc4)cc3)N(c3ccc(-c4nc(-c5ccccc5)c5ccccc5n4)cc3)C2C=C1. The Kier molecular flexibility index (Phi) is 7.36. The minimum Gasteiger partial charge on any atom is -0.455 e. The van der Waals surface area contributed by atoms with Crippen LogP contribution in [0.25, 0.3) is 94.1 Å². The lowest BCUT2D eigenvalue weighted by Gasteiger charge is -2.28. The van der Waals surface area contributed by atoms with Gasteiger partial charge in [-0.3, -0.25) is 0 Å². The number of aromatic nitrogens is 3. The van der Waals surface area contributed by atoms with Crippen molar-refractivity contribution >= 4 is 66.0 Å². The van der Waals surface area contributed by atoms with Gasteiger partial charge in [-0.15, -0.1) is 0 Å². The Labute approximate surface area is 351 Å². The van der Waals surface area contributed by atoms with Crippen molar-refractivity contribution in [1.82, 2.24) is 14.5 Å². The summed E-state index contributed by atoms with van der Waals surface area (Å²) in [5.74, 6) is 0.838. The van der Waals surface area contributed by atoms with Gasteiger partial charge in [-0.1, -0.05) is 133 Å². The van der Waals surface area contributed by atoms with Crippen LogP contribution in [0.1, 0.15) is 11.5 Å². The van der Waals surface area contributed by atoms with Gasteiger partial charge in [-0.2, -0.15) is 0 Å². The number of allylic oxidation sites excluding steroid dienone is 2. The lowest BCUT2D eigenvalue weighted by Crippen LogP contribution is -2.28. The lowest BCUT2D eigenvalue weighted by atomic mass is 9.88. The molecule has 5 heteroatoms. The normalized spacial score (nSPS) is 15.7. The topological polar surface area (TPSA) is 47.1 Å². The van der Waals surface area contributed by atoms with Crippen LogP contribution >= 0.6 is 0 Å². The molecule has 0 spiro atoms. The van der Waals surface area contributed by atoms with Crippen LogP contribution < -0.4 is 4.90 Å². The minimum absolute atomic E-state index is 0.0940. The van der Waals surface area contributed by atoms with E-state index in [4.69, 9.17) is 14.4 Å². The van der Waals surface area contributed by atoms with Gasteiger partial charge in [0.15, 0.2) is 5.82 Å². The van der Waals surface area contributed by atoms with E-state index in [0.29, 0.717) is 5.82 Å². The lowest BCUT2D eigenvalue weighted by molar-refractivity contribution is 0.673. The molecule has 0 amide bonds. The molecule has 4 heterocycles. The molecule has 2 atom stereocenters. The van der Waals surface area contributed by atoms with Crippen LogP contribution in [0.2, 0.25) is 0 Å². The van der Waals surface area contributed by atoms with Crippen molar-refractivity contribution in [3.63, 3.8) is 0 Å². The maximum Gasteiger partial charge on any atom is 0.160 e. The van der Waals surface area contributed by atoms with Crippen LogP contribution in [0.4, 0.5) is 11.4 Å². The van der Waals surface area contributed by atoms with E-state index >= 15 is 0 Å². The highest BCUT2D eigenvalue weighted by Gasteiger charge is 2.40. The average Bonchev–Trinajstić information content (AvgIpc) is 3.99. The molecule has 3 aromatic heterocycles. The zero-order valence-electron chi connectivity index (χ0n) is 33.0. The fourth-order valence-electron chi connectivity index (χ4n) is 10.0. The monoisotopic (exact) mass is 780 g/mol. The van der Waals surface area contributed by atoms with Crippen molar-refractivity contribution in [1.29, 1.82) is 0 Å². The third-order valence-electron chi connectivity index (χ3n) is 12.7. The molecule has 0 saturated carbocycles. The Morgan fingerprint density at radius 2 is 1.10 bits per heavy atom. The first-order valence-electron chi connectivity index (χ1n) is 20.9. The molecule has 0 N–H and O–H groups in total. The van der Waals surface area contributed by atoms with Gasteiger partial charge >= 0.3 is 0 Å². The largest absolute Gasteiger partial charge is 0.455 e. The van der Waals surface area contributed by atoms with Crippen LogP contribution in [-0.2, 0) is 0 Å². The summed E-state index contributed by atoms with van der Waals surface area (Å²) in [6.45, 7) is 0. The molecule has 0 radical (unpaired) electrons. The molecule has 0 saturated heterocycles. The molecule has 11 aromatic rings. The summed E-state index contributed by atoms with van der Waals surface area (Å²) < 4.78 is 9.28. The fourth-order valence-corrected chi connectivity index (χ4v) is 10.0. The number of nitrogens with zero attached hydrogens (tertiary/aromatic N) is 4. The molecule has 61 heavy (non-hydrogen) atoms. The molecule has 0 bridgehead atoms. The predicted molar refractivity (Wildman–Crippen MR) is 251 cm³/mol. The number of furan rings is 1. The molecule has 286 valence electrons. The first kappa shape index (κ1) is 33.9. The van der Waals surface area contributed by atoms with Gasteiger partial charge in [0.05, 0.1) is 33.7 Å². The van der Waals surface area contributed by atoms with E-state index in [1.54, 1.807) is 0 Å². The minimum atomic E-state index is 0.0940. The summed E-state index contributed by atoms with van der Waals surface area (Å²) in [6.07, 6.45) is 9.12. The highest BCUT2D eigenvalue weighted by Crippen LogP contribution is 2.54. The van der Waals surface area contributed by atoms with Crippen molar-refractivity contribution in [3.8, 4) is 39.5 Å². The highest BCUT2D eigenvalue weighted by atomic mass is 16.3. The number of hydrogen-bond donors (Lipinski definition) is 0. The number of benzene rings is 8. The molecule has 2 unspecified atom stereocenters. The Hall–Kier alpha value is -8.02. The second kappa shape index (κ2) is 13.2. The summed E-state index contributed by atoms with van der Waals surface area (Å²) in [5, 5.41) is 5.69. The Morgan fingerprint density at radius 1 is 0.459 bits per heavy atom. The van der Waals surface area contributed by atoms with Gasteiger partial charge in [0.25, 0.3) is 0 Å². The standard InChI is InChI=1S/C56H36N4O/c1-3-13-35(14-4-1)36-23-27-40(28-24-36)60-48-34-33-47-51(52(48)53-49(60)32-31-42-41-17-9-12-22-50(41)61-55(42)53)44-19-8-11-21-46(44)59(47)39-29-25-38(26-30-39)56-57-45-20-10-7-18-43(45)54(58-56)37-15-5-2-6-16-37/h1-34,44,46H. The smallest absolute Gasteiger partial charge is 0.160 e. The number of fused-ring (bicyclic) bond motifs is 12. The second-order valence-corrected chi connectivity index (χ2v) is 16.1. The van der Waals surface area contributed by atoms with Gasteiger partial charge in [0, 0.05) is 55.7 Å². The fraction of sp³-hybridized carbons (Fsp3) is 0.0357. The molecular weight excluding hydrogens is 745 g/mol. The molecule has 5 nitrogen and oxygen atoms in total. The predicted octanol–water partition coefficient (Wildman–Crippen LogP) is 14.4. The second-order valence-electron chi connectivity index (χ2n) is 16.1. The van der Waals surface area contributed by atoms with Crippen LogP contribution in [0, 0.1) is 0 Å². The van der Waals surface area contributed by atoms with Crippen molar-refractivity contribution in [3.05, 3.63) is 212 Å². The molecular formula is C56H36N4O. The summed E-state index contributed by atoms with van der Waals surface area (Å²) in [7, 11) is 0. The molecule has 1 aliphatic carbocycles. The number of hydrogen-bond acceptors (Lipinski definition) is 4. The zero-order valence-corrected chi connectivity index (χ0v) is 33.0. The van der Waals surface area contributed by atoms with Crippen LogP contribution in [0.15, 0.2) is 211 Å². The van der Waals surface area contributed by atoms with E-state index < -0.39 is 0 Å². The summed E-state index contributed by atoms with van der Waals surface area (Å²) in [4.78, 5) is 12.7. The Bertz CT molecular complexity index is 3580. The van der Waals surface area contributed by atoms with Crippen molar-refractivity contribution in [2.45, 2.75) is 12.0 Å². The van der Waals surface area contributed by atoms with Gasteiger partial charge in [0.2, 0.25) is 0 Å². The van der Waals surface area contributed by atoms with E-state index in [2.05, 4.69) is 204 Å². The average molecular weight is 781 g/mol. The maximum absolute atomic E-state index is 6.86. The van der Waals surface area contributed by atoms with E-state index in [0.717, 1.165) is 77.5 Å². The van der Waals surface area contributed by atoms with Crippen LogP contribution in [0.3, 0.4) is 0 Å². The Morgan fingerprint density at radius 3 is 1.92 bits per heavy atom. The van der Waals surface area contributed by atoms with Gasteiger partial charge < -0.3 is 13.9 Å². The van der Waals surface area contributed by atoms with Crippen molar-refractivity contribution < 1.29 is 4.42 Å². The molecule has 2 aliphatic rings. The van der Waals surface area contributed by atoms with E-state index in [-0.39, 0.29) is 12.0 Å². The van der Waals surface area contributed by atoms with Gasteiger partial charge in [-0.25, -0.2) is 9.97 Å². The van der Waals surface area contributed by atoms with Crippen LogP contribution in [0.5, 0.6) is 0 Å². The number of rotatable bonds is 5. The highest BCUT2D eigenvalue weighted by molar-refractivity contribution is 6.25. The third kappa shape index (κ3) is 5.14. The summed E-state index contributed by atoms with van der Waals surface area (Å²) >= 11 is 0. The first-order chi connectivity index (χ1) is 30.3. The molecule has 8 aromatic carbocycles. The summed E-state index contributed by atoms with van der Waals surface area (Å²) in [5.41, 5.74) is 15.2. The zero-order chi connectivity index (χ0) is 40.0. The molecule has 0 fully saturated rings. The number of anilines is 2. The van der Waals surface area contributed by atoms with Gasteiger partial charge in [0.1, 0.15) is 11.2 Å². The Balaban J connectivity index is 1.00. The van der Waals surface area contributed by atoms with E-state index in [1.165, 1.54) is 27.8 Å². The number of para-hydroxylation sites is 2. The maximum atomic E-state index is 6.86.